The van der Waals surface area contributed by atoms with Gasteiger partial charge < -0.3 is 9.84 Å². The minimum Gasteiger partial charge on any atom is -0.384 e. The molecule has 1 aromatic carbocycles. The lowest BCUT2D eigenvalue weighted by molar-refractivity contribution is -0.316. The molecule has 2 rings (SSSR count). The highest BCUT2D eigenvalue weighted by Gasteiger charge is 2.51. The van der Waals surface area contributed by atoms with Crippen molar-refractivity contribution in [3.8, 4) is 0 Å². The standard InChI is InChI=1S/C16H17F6N3O2/c1-14(2,7-27-16(21,22)13(19)20)15(26,6-12-23-8-24-25-12)10-4-3-9(17)5-11(10)18/h3-5,8,13,26H,6-7H2,1-2H3,(H,23,24,25)/t15-/m0/s1. The topological polar surface area (TPSA) is 71.0 Å². The summed E-state index contributed by atoms with van der Waals surface area (Å²) in [7, 11) is 0. The Bertz CT molecular complexity index is 770. The van der Waals surface area contributed by atoms with Crippen molar-refractivity contribution in [1.82, 2.24) is 15.2 Å². The summed E-state index contributed by atoms with van der Waals surface area (Å²) in [6.45, 7) is 1.36. The van der Waals surface area contributed by atoms with Crippen molar-refractivity contribution in [2.45, 2.75) is 38.4 Å². The van der Waals surface area contributed by atoms with Crippen LogP contribution in [0.25, 0.3) is 0 Å². The molecule has 0 amide bonds. The van der Waals surface area contributed by atoms with Gasteiger partial charge in [-0.2, -0.15) is 13.9 Å². The SMILES string of the molecule is CC(C)(COC(F)(F)C(F)F)[C@](O)(Cc1nc[nH]n1)c1ccc(F)cc1F. The Morgan fingerprint density at radius 2 is 1.89 bits per heavy atom. The molecule has 0 saturated heterocycles. The number of alkyl halides is 4. The lowest BCUT2D eigenvalue weighted by atomic mass is 9.69. The molecule has 0 bridgehead atoms. The zero-order valence-electron chi connectivity index (χ0n) is 14.3. The van der Waals surface area contributed by atoms with Crippen LogP contribution in [-0.2, 0) is 16.8 Å². The van der Waals surface area contributed by atoms with Crippen molar-refractivity contribution in [3.63, 3.8) is 0 Å². The number of aromatic nitrogens is 3. The fourth-order valence-electron chi connectivity index (χ4n) is 2.53. The van der Waals surface area contributed by atoms with Crippen molar-refractivity contribution in [3.05, 3.63) is 47.5 Å². The van der Waals surface area contributed by atoms with Crippen LogP contribution in [0.5, 0.6) is 0 Å². The summed E-state index contributed by atoms with van der Waals surface area (Å²) >= 11 is 0. The average molecular weight is 397 g/mol. The quantitative estimate of drug-likeness (QED) is 0.670. The molecule has 11 heteroatoms. The summed E-state index contributed by atoms with van der Waals surface area (Å²) in [6.07, 6.45) is -8.15. The second kappa shape index (κ2) is 7.47. The van der Waals surface area contributed by atoms with E-state index in [1.54, 1.807) is 0 Å². The number of aromatic amines is 1. The van der Waals surface area contributed by atoms with Crippen LogP contribution in [0.15, 0.2) is 24.5 Å². The van der Waals surface area contributed by atoms with E-state index in [-0.39, 0.29) is 5.82 Å². The van der Waals surface area contributed by atoms with Crippen LogP contribution in [0.3, 0.4) is 0 Å². The maximum atomic E-state index is 14.3. The second-order valence-electron chi connectivity index (χ2n) is 6.61. The molecule has 0 unspecified atom stereocenters. The third kappa shape index (κ3) is 4.41. The zero-order chi connectivity index (χ0) is 20.5. The Hall–Kier alpha value is -2.14. The van der Waals surface area contributed by atoms with Crippen LogP contribution in [0.4, 0.5) is 26.3 Å². The summed E-state index contributed by atoms with van der Waals surface area (Å²) in [5.74, 6) is -2.08. The van der Waals surface area contributed by atoms with Gasteiger partial charge in [0.2, 0.25) is 0 Å². The number of halogens is 6. The molecular formula is C16H17F6N3O2. The number of hydrogen-bond acceptors (Lipinski definition) is 4. The summed E-state index contributed by atoms with van der Waals surface area (Å²) in [6, 6.07) is 2.30. The Morgan fingerprint density at radius 3 is 2.41 bits per heavy atom. The number of H-pyrrole nitrogens is 1. The number of hydrogen-bond donors (Lipinski definition) is 2. The molecule has 1 atom stereocenters. The fraction of sp³-hybridized carbons (Fsp3) is 0.500. The Morgan fingerprint density at radius 1 is 1.22 bits per heavy atom. The van der Waals surface area contributed by atoms with Crippen molar-refractivity contribution in [2.75, 3.05) is 6.61 Å². The van der Waals surface area contributed by atoms with Gasteiger partial charge in [0.25, 0.3) is 0 Å². The Balaban J connectivity index is 2.44. The van der Waals surface area contributed by atoms with Gasteiger partial charge in [-0.15, -0.1) is 0 Å². The molecule has 0 aliphatic carbocycles. The summed E-state index contributed by atoms with van der Waals surface area (Å²) in [5, 5.41) is 17.3. The highest BCUT2D eigenvalue weighted by Crippen LogP contribution is 2.44. The number of nitrogens with zero attached hydrogens (tertiary/aromatic N) is 2. The minimum atomic E-state index is -4.76. The van der Waals surface area contributed by atoms with Gasteiger partial charge in [0.15, 0.2) is 5.82 Å². The predicted molar refractivity (Wildman–Crippen MR) is 81.0 cm³/mol. The summed E-state index contributed by atoms with van der Waals surface area (Å²) < 4.78 is 82.7. The molecule has 2 N–H and O–H groups in total. The summed E-state index contributed by atoms with van der Waals surface area (Å²) in [5.41, 5.74) is -4.46. The maximum Gasteiger partial charge on any atom is 0.416 e. The minimum absolute atomic E-state index is 0.00470. The van der Waals surface area contributed by atoms with Gasteiger partial charge >= 0.3 is 12.5 Å². The van der Waals surface area contributed by atoms with Crippen LogP contribution < -0.4 is 0 Å². The number of rotatable bonds is 8. The predicted octanol–water partition coefficient (Wildman–Crippen LogP) is 3.41. The van der Waals surface area contributed by atoms with E-state index in [0.29, 0.717) is 6.07 Å². The molecule has 0 fully saturated rings. The average Bonchev–Trinajstić information content (AvgIpc) is 3.05. The van der Waals surface area contributed by atoms with E-state index in [1.165, 1.54) is 20.2 Å². The molecule has 1 heterocycles. The van der Waals surface area contributed by atoms with Crippen molar-refractivity contribution in [1.29, 1.82) is 0 Å². The number of nitrogens with one attached hydrogen (secondary N) is 1. The first kappa shape index (κ1) is 21.2. The van der Waals surface area contributed by atoms with Crippen LogP contribution >= 0.6 is 0 Å². The molecule has 0 radical (unpaired) electrons. The lowest BCUT2D eigenvalue weighted by Crippen LogP contribution is -2.49. The zero-order valence-corrected chi connectivity index (χ0v) is 14.3. The van der Waals surface area contributed by atoms with E-state index in [0.717, 1.165) is 12.1 Å². The highest BCUT2D eigenvalue weighted by molar-refractivity contribution is 5.29. The fourth-order valence-corrected chi connectivity index (χ4v) is 2.53. The van der Waals surface area contributed by atoms with Gasteiger partial charge in [0.1, 0.15) is 23.6 Å². The number of ether oxygens (including phenoxy) is 1. The van der Waals surface area contributed by atoms with Crippen molar-refractivity contribution in [2.24, 2.45) is 5.41 Å². The van der Waals surface area contributed by atoms with E-state index in [1.807, 2.05) is 0 Å². The molecule has 27 heavy (non-hydrogen) atoms. The van der Waals surface area contributed by atoms with E-state index >= 15 is 0 Å². The maximum absolute atomic E-state index is 14.3. The molecule has 0 spiro atoms. The molecule has 5 nitrogen and oxygen atoms in total. The first-order chi connectivity index (χ1) is 12.4. The van der Waals surface area contributed by atoms with Gasteiger partial charge in [-0.25, -0.2) is 22.5 Å². The monoisotopic (exact) mass is 397 g/mol. The van der Waals surface area contributed by atoms with Gasteiger partial charge in [0.05, 0.1) is 6.61 Å². The molecule has 0 aliphatic heterocycles. The summed E-state index contributed by atoms with van der Waals surface area (Å²) in [4.78, 5) is 3.79. The molecular weight excluding hydrogens is 380 g/mol. The number of benzene rings is 1. The largest absolute Gasteiger partial charge is 0.416 e. The van der Waals surface area contributed by atoms with Gasteiger partial charge in [0, 0.05) is 23.5 Å². The van der Waals surface area contributed by atoms with Crippen LogP contribution in [-0.4, -0.2) is 39.4 Å². The first-order valence-electron chi connectivity index (χ1n) is 7.71. The molecule has 0 aliphatic rings. The smallest absolute Gasteiger partial charge is 0.384 e. The molecule has 0 saturated carbocycles. The molecule has 2 aromatic rings. The number of aliphatic hydroxyl groups is 1. The lowest BCUT2D eigenvalue weighted by Gasteiger charge is -2.43. The second-order valence-corrected chi connectivity index (χ2v) is 6.61. The van der Waals surface area contributed by atoms with Crippen molar-refractivity contribution < 1.29 is 36.2 Å². The molecule has 150 valence electrons. The van der Waals surface area contributed by atoms with E-state index < -0.39 is 53.8 Å². The van der Waals surface area contributed by atoms with Gasteiger partial charge in [-0.1, -0.05) is 19.9 Å². The Labute approximate surface area is 150 Å². The normalized spacial score (nSPS) is 15.2. The third-order valence-corrected chi connectivity index (χ3v) is 4.25. The van der Waals surface area contributed by atoms with E-state index in [4.69, 9.17) is 0 Å². The van der Waals surface area contributed by atoms with E-state index in [2.05, 4.69) is 19.9 Å². The Kier molecular flexibility index (Phi) is 5.85. The van der Waals surface area contributed by atoms with E-state index in [9.17, 15) is 31.4 Å². The highest BCUT2D eigenvalue weighted by atomic mass is 19.3. The molecule has 1 aromatic heterocycles. The first-order valence-corrected chi connectivity index (χ1v) is 7.71. The van der Waals surface area contributed by atoms with Crippen LogP contribution in [0.1, 0.15) is 25.2 Å². The van der Waals surface area contributed by atoms with Gasteiger partial charge in [-0.3, -0.25) is 5.10 Å². The third-order valence-electron chi connectivity index (χ3n) is 4.25. The van der Waals surface area contributed by atoms with Gasteiger partial charge in [-0.05, 0) is 6.07 Å². The van der Waals surface area contributed by atoms with Crippen LogP contribution in [0, 0.1) is 17.0 Å². The van der Waals surface area contributed by atoms with Crippen LogP contribution in [0.2, 0.25) is 0 Å². The van der Waals surface area contributed by atoms with Crippen molar-refractivity contribution >= 4 is 0 Å².